The van der Waals surface area contributed by atoms with Crippen LogP contribution in [0.1, 0.15) is 31.7 Å². The lowest BCUT2D eigenvalue weighted by molar-refractivity contribution is -0.138. The van der Waals surface area contributed by atoms with Gasteiger partial charge in [-0.3, -0.25) is 9.69 Å². The standard InChI is InChI=1S/C16H22BrNO3/c1-11(7-16(20)21)12-3-2-6-18(9-12)10-13-8-14(17)4-5-15(13)19/h4-5,8,11-12,19H,2-3,6-7,9-10H2,1H3,(H,20,21). The van der Waals surface area contributed by atoms with Gasteiger partial charge in [0.2, 0.25) is 0 Å². The van der Waals surface area contributed by atoms with Crippen LogP contribution in [0.25, 0.3) is 0 Å². The third kappa shape index (κ3) is 4.71. The highest BCUT2D eigenvalue weighted by atomic mass is 79.9. The summed E-state index contributed by atoms with van der Waals surface area (Å²) in [6, 6.07) is 5.47. The minimum atomic E-state index is -0.718. The molecule has 1 aliphatic heterocycles. The van der Waals surface area contributed by atoms with Crippen molar-refractivity contribution in [3.63, 3.8) is 0 Å². The molecule has 1 aromatic rings. The number of phenols is 1. The highest BCUT2D eigenvalue weighted by Gasteiger charge is 2.26. The summed E-state index contributed by atoms with van der Waals surface area (Å²) < 4.78 is 0.961. The number of hydrogen-bond donors (Lipinski definition) is 2. The molecule has 0 aliphatic carbocycles. The van der Waals surface area contributed by atoms with E-state index < -0.39 is 5.97 Å². The Morgan fingerprint density at radius 2 is 2.29 bits per heavy atom. The highest BCUT2D eigenvalue weighted by Crippen LogP contribution is 2.29. The van der Waals surface area contributed by atoms with Crippen molar-refractivity contribution >= 4 is 21.9 Å². The first kappa shape index (κ1) is 16.3. The van der Waals surface area contributed by atoms with Crippen LogP contribution >= 0.6 is 15.9 Å². The predicted molar refractivity (Wildman–Crippen MR) is 85.2 cm³/mol. The van der Waals surface area contributed by atoms with Gasteiger partial charge in [-0.25, -0.2) is 0 Å². The minimum absolute atomic E-state index is 0.196. The Balaban J connectivity index is 1.98. The van der Waals surface area contributed by atoms with Crippen molar-refractivity contribution in [1.82, 2.24) is 4.90 Å². The van der Waals surface area contributed by atoms with Gasteiger partial charge >= 0.3 is 5.97 Å². The maximum atomic E-state index is 10.9. The van der Waals surface area contributed by atoms with Crippen molar-refractivity contribution in [3.05, 3.63) is 28.2 Å². The third-order valence-corrected chi connectivity index (χ3v) is 4.77. The lowest BCUT2D eigenvalue weighted by Crippen LogP contribution is -2.37. The lowest BCUT2D eigenvalue weighted by Gasteiger charge is -2.35. The maximum absolute atomic E-state index is 10.9. The molecule has 1 saturated heterocycles. The van der Waals surface area contributed by atoms with Crippen LogP contribution in [-0.4, -0.2) is 34.2 Å². The average Bonchev–Trinajstić information content (AvgIpc) is 2.42. The predicted octanol–water partition coefficient (Wildman–Crippen LogP) is 3.48. The summed E-state index contributed by atoms with van der Waals surface area (Å²) in [7, 11) is 0. The van der Waals surface area contributed by atoms with E-state index in [9.17, 15) is 9.90 Å². The number of carbonyl (C=O) groups is 1. The van der Waals surface area contributed by atoms with Gasteiger partial charge in [0.05, 0.1) is 0 Å². The molecule has 0 saturated carbocycles. The molecule has 2 N–H and O–H groups in total. The molecular weight excluding hydrogens is 334 g/mol. The largest absolute Gasteiger partial charge is 0.508 e. The highest BCUT2D eigenvalue weighted by molar-refractivity contribution is 9.10. The van der Waals surface area contributed by atoms with Crippen molar-refractivity contribution in [1.29, 1.82) is 0 Å². The number of aromatic hydroxyl groups is 1. The Kier molecular flexibility index (Phi) is 5.65. The summed E-state index contributed by atoms with van der Waals surface area (Å²) in [6.07, 6.45) is 2.42. The zero-order valence-corrected chi connectivity index (χ0v) is 13.8. The van der Waals surface area contributed by atoms with Gasteiger partial charge in [-0.05, 0) is 49.4 Å². The van der Waals surface area contributed by atoms with Gasteiger partial charge in [-0.2, -0.15) is 0 Å². The summed E-state index contributed by atoms with van der Waals surface area (Å²) in [5, 5.41) is 18.9. The number of aliphatic carboxylic acids is 1. The van der Waals surface area contributed by atoms with E-state index in [4.69, 9.17) is 5.11 Å². The number of likely N-dealkylation sites (tertiary alicyclic amines) is 1. The van der Waals surface area contributed by atoms with E-state index in [0.29, 0.717) is 18.2 Å². The molecule has 1 heterocycles. The van der Waals surface area contributed by atoms with E-state index in [1.807, 2.05) is 19.1 Å². The van der Waals surface area contributed by atoms with Gasteiger partial charge in [0.25, 0.3) is 0 Å². The van der Waals surface area contributed by atoms with Gasteiger partial charge in [0.15, 0.2) is 0 Å². The fourth-order valence-electron chi connectivity index (χ4n) is 3.06. The number of rotatable bonds is 5. The molecule has 0 radical (unpaired) electrons. The molecule has 1 aromatic carbocycles. The molecule has 1 aliphatic rings. The van der Waals surface area contributed by atoms with E-state index in [1.165, 1.54) is 0 Å². The van der Waals surface area contributed by atoms with Gasteiger partial charge in [0, 0.05) is 29.5 Å². The van der Waals surface area contributed by atoms with E-state index >= 15 is 0 Å². The van der Waals surface area contributed by atoms with Crippen LogP contribution in [0, 0.1) is 11.8 Å². The average molecular weight is 356 g/mol. The normalized spacial score (nSPS) is 21.1. The van der Waals surface area contributed by atoms with Crippen LogP contribution in [0.3, 0.4) is 0 Å². The molecule has 2 atom stereocenters. The molecular formula is C16H22BrNO3. The van der Waals surface area contributed by atoms with Crippen LogP contribution in [0.2, 0.25) is 0 Å². The van der Waals surface area contributed by atoms with Crippen LogP contribution < -0.4 is 0 Å². The fraction of sp³-hybridized carbons (Fsp3) is 0.562. The Bertz CT molecular complexity index is 506. The molecule has 2 unspecified atom stereocenters. The van der Waals surface area contributed by atoms with E-state index in [2.05, 4.69) is 20.8 Å². The van der Waals surface area contributed by atoms with Gasteiger partial charge in [-0.1, -0.05) is 22.9 Å². The van der Waals surface area contributed by atoms with Gasteiger partial charge < -0.3 is 10.2 Å². The third-order valence-electron chi connectivity index (χ3n) is 4.28. The fourth-order valence-corrected chi connectivity index (χ4v) is 3.47. The summed E-state index contributed by atoms with van der Waals surface area (Å²) in [6.45, 7) is 4.64. The maximum Gasteiger partial charge on any atom is 0.303 e. The second-order valence-corrected chi connectivity index (χ2v) is 6.90. The summed E-state index contributed by atoms with van der Waals surface area (Å²) in [5.41, 5.74) is 0.913. The quantitative estimate of drug-likeness (QED) is 0.848. The number of carboxylic acid groups (broad SMARTS) is 1. The van der Waals surface area contributed by atoms with Gasteiger partial charge in [-0.15, -0.1) is 0 Å². The van der Waals surface area contributed by atoms with Crippen molar-refractivity contribution in [2.24, 2.45) is 11.8 Å². The number of halogens is 1. The first-order valence-corrected chi connectivity index (χ1v) is 8.16. The zero-order valence-electron chi connectivity index (χ0n) is 12.3. The first-order valence-electron chi connectivity index (χ1n) is 7.37. The van der Waals surface area contributed by atoms with Crippen LogP contribution in [0.15, 0.2) is 22.7 Å². The second-order valence-electron chi connectivity index (χ2n) is 5.99. The minimum Gasteiger partial charge on any atom is -0.508 e. The monoisotopic (exact) mass is 355 g/mol. The number of phenolic OH excluding ortho intramolecular Hbond substituents is 1. The smallest absolute Gasteiger partial charge is 0.303 e. The number of nitrogens with zero attached hydrogens (tertiary/aromatic N) is 1. The molecule has 0 spiro atoms. The number of piperidine rings is 1. The molecule has 21 heavy (non-hydrogen) atoms. The molecule has 2 rings (SSSR count). The Morgan fingerprint density at radius 1 is 1.52 bits per heavy atom. The summed E-state index contributed by atoms with van der Waals surface area (Å²) in [4.78, 5) is 13.2. The molecule has 116 valence electrons. The van der Waals surface area contributed by atoms with E-state index in [0.717, 1.165) is 36.0 Å². The van der Waals surface area contributed by atoms with Gasteiger partial charge in [0.1, 0.15) is 5.75 Å². The lowest BCUT2D eigenvalue weighted by atomic mass is 9.84. The van der Waals surface area contributed by atoms with E-state index in [1.54, 1.807) is 6.07 Å². The van der Waals surface area contributed by atoms with Crippen molar-refractivity contribution in [2.45, 2.75) is 32.7 Å². The summed E-state index contributed by atoms with van der Waals surface area (Å²) >= 11 is 3.43. The second kappa shape index (κ2) is 7.27. The first-order chi connectivity index (χ1) is 9.95. The molecule has 0 aromatic heterocycles. The molecule has 1 fully saturated rings. The van der Waals surface area contributed by atoms with Crippen molar-refractivity contribution < 1.29 is 15.0 Å². The van der Waals surface area contributed by atoms with Crippen molar-refractivity contribution in [3.8, 4) is 5.75 Å². The molecule has 4 nitrogen and oxygen atoms in total. The Hall–Kier alpha value is -1.07. The SMILES string of the molecule is CC(CC(=O)O)C1CCCN(Cc2cc(Br)ccc2O)C1. The topological polar surface area (TPSA) is 60.8 Å². The van der Waals surface area contributed by atoms with Crippen LogP contribution in [0.5, 0.6) is 5.75 Å². The number of carboxylic acids is 1. The summed E-state index contributed by atoms with van der Waals surface area (Å²) in [5.74, 6) is 0.216. The molecule has 0 bridgehead atoms. The zero-order chi connectivity index (χ0) is 15.4. The number of benzene rings is 1. The Morgan fingerprint density at radius 3 is 3.00 bits per heavy atom. The van der Waals surface area contributed by atoms with Crippen LogP contribution in [0.4, 0.5) is 0 Å². The molecule has 0 amide bonds. The van der Waals surface area contributed by atoms with E-state index in [-0.39, 0.29) is 12.3 Å². The Labute approximate surface area is 133 Å². The van der Waals surface area contributed by atoms with Crippen LogP contribution in [-0.2, 0) is 11.3 Å². The number of hydrogen-bond acceptors (Lipinski definition) is 3. The molecule has 5 heteroatoms. The van der Waals surface area contributed by atoms with Crippen molar-refractivity contribution in [2.75, 3.05) is 13.1 Å².